The number of ether oxygens (including phenoxy) is 1. The SMILES string of the molecule is CC(C)[C@H](NC(=O)[C@H](CS(=O)(=O)O)NC(=O)CCCCCN1C(=O)C=CC1=O)C(=O)C[C@@H](CCCNC(N)=O)C(=O)Nc1ccc(COC(=O)C(C)(C)C)cc1. The fourth-order valence-corrected chi connectivity index (χ4v) is 6.12. The Morgan fingerprint density at radius 3 is 2.07 bits per heavy atom. The van der Waals surface area contributed by atoms with E-state index in [2.05, 4.69) is 21.3 Å². The number of esters is 1. The molecule has 7 N–H and O–H groups in total. The smallest absolute Gasteiger partial charge is 0.312 e. The quantitative estimate of drug-likeness (QED) is 0.0399. The molecule has 56 heavy (non-hydrogen) atoms. The highest BCUT2D eigenvalue weighted by Crippen LogP contribution is 2.21. The number of amides is 7. The molecule has 18 nitrogen and oxygen atoms in total. The van der Waals surface area contributed by atoms with Gasteiger partial charge in [-0.2, -0.15) is 8.42 Å². The summed E-state index contributed by atoms with van der Waals surface area (Å²) < 4.78 is 38.5. The number of unbranched alkanes of at least 4 members (excludes halogenated alkanes) is 2. The predicted molar refractivity (Wildman–Crippen MR) is 204 cm³/mol. The predicted octanol–water partition coefficient (Wildman–Crippen LogP) is 1.74. The maximum atomic E-state index is 13.7. The van der Waals surface area contributed by atoms with Crippen LogP contribution in [0.4, 0.5) is 10.5 Å². The van der Waals surface area contributed by atoms with Crippen molar-refractivity contribution in [3.05, 3.63) is 42.0 Å². The van der Waals surface area contributed by atoms with Crippen molar-refractivity contribution >= 4 is 63.1 Å². The van der Waals surface area contributed by atoms with E-state index < -0.39 is 86.6 Å². The Morgan fingerprint density at radius 1 is 0.893 bits per heavy atom. The molecule has 0 saturated carbocycles. The zero-order valence-corrected chi connectivity index (χ0v) is 33.2. The second-order valence-electron chi connectivity index (χ2n) is 14.9. The zero-order chi connectivity index (χ0) is 42.2. The molecule has 0 aromatic heterocycles. The van der Waals surface area contributed by atoms with E-state index in [0.717, 1.165) is 17.1 Å². The van der Waals surface area contributed by atoms with Crippen molar-refractivity contribution in [3.8, 4) is 0 Å². The zero-order valence-electron chi connectivity index (χ0n) is 32.4. The molecule has 1 heterocycles. The molecule has 1 aliphatic rings. The van der Waals surface area contributed by atoms with E-state index in [9.17, 15) is 51.3 Å². The van der Waals surface area contributed by atoms with Crippen molar-refractivity contribution in [1.29, 1.82) is 0 Å². The van der Waals surface area contributed by atoms with Gasteiger partial charge >= 0.3 is 12.0 Å². The number of benzene rings is 1. The molecule has 310 valence electrons. The van der Waals surface area contributed by atoms with Gasteiger partial charge in [0.1, 0.15) is 18.4 Å². The first-order chi connectivity index (χ1) is 26.1. The average molecular weight is 807 g/mol. The Morgan fingerprint density at radius 2 is 1.52 bits per heavy atom. The number of ketones is 1. The highest BCUT2D eigenvalue weighted by atomic mass is 32.2. The lowest BCUT2D eigenvalue weighted by Gasteiger charge is -2.26. The molecule has 0 radical (unpaired) electrons. The lowest BCUT2D eigenvalue weighted by molar-refractivity contribution is -0.154. The summed E-state index contributed by atoms with van der Waals surface area (Å²) in [4.78, 5) is 101. The first kappa shape index (κ1) is 47.0. The lowest BCUT2D eigenvalue weighted by Crippen LogP contribution is -2.55. The van der Waals surface area contributed by atoms with Gasteiger partial charge in [-0.15, -0.1) is 0 Å². The fourth-order valence-electron chi connectivity index (χ4n) is 5.47. The van der Waals surface area contributed by atoms with Crippen molar-refractivity contribution in [3.63, 3.8) is 0 Å². The maximum absolute atomic E-state index is 13.7. The number of nitrogens with one attached hydrogen (secondary N) is 4. The summed E-state index contributed by atoms with van der Waals surface area (Å²) in [6.45, 7) is 8.72. The Balaban J connectivity index is 2.09. The largest absolute Gasteiger partial charge is 0.460 e. The van der Waals surface area contributed by atoms with E-state index in [1.165, 1.54) is 0 Å². The van der Waals surface area contributed by atoms with E-state index in [-0.39, 0.29) is 57.8 Å². The molecule has 2 rings (SSSR count). The van der Waals surface area contributed by atoms with Gasteiger partial charge in [0.2, 0.25) is 17.7 Å². The van der Waals surface area contributed by atoms with Gasteiger partial charge in [0.15, 0.2) is 5.78 Å². The van der Waals surface area contributed by atoms with Crippen LogP contribution in [0.1, 0.15) is 85.1 Å². The Kier molecular flexibility index (Phi) is 18.3. The second kappa shape index (κ2) is 21.8. The number of rotatable bonds is 23. The van der Waals surface area contributed by atoms with Gasteiger partial charge in [0, 0.05) is 49.7 Å². The molecule has 1 aromatic rings. The van der Waals surface area contributed by atoms with Gasteiger partial charge in [-0.3, -0.25) is 43.0 Å². The summed E-state index contributed by atoms with van der Waals surface area (Å²) in [6.07, 6.45) is 3.31. The third-order valence-corrected chi connectivity index (χ3v) is 9.33. The van der Waals surface area contributed by atoms with Crippen LogP contribution in [-0.2, 0) is 55.0 Å². The number of hydrogen-bond donors (Lipinski definition) is 6. The van der Waals surface area contributed by atoms with Crippen LogP contribution in [-0.4, -0.2) is 96.1 Å². The van der Waals surface area contributed by atoms with Gasteiger partial charge < -0.3 is 31.7 Å². The number of imide groups is 1. The Bertz CT molecular complexity index is 1720. The van der Waals surface area contributed by atoms with Crippen LogP contribution in [0.25, 0.3) is 0 Å². The van der Waals surface area contributed by atoms with Crippen LogP contribution in [0.2, 0.25) is 0 Å². The molecule has 0 fully saturated rings. The summed E-state index contributed by atoms with van der Waals surface area (Å²) in [5.74, 6) is -6.79. The van der Waals surface area contributed by atoms with Crippen LogP contribution in [0, 0.1) is 17.3 Å². The number of nitrogens with two attached hydrogens (primary N) is 1. The third kappa shape index (κ3) is 17.1. The van der Waals surface area contributed by atoms with E-state index in [0.29, 0.717) is 24.1 Å². The van der Waals surface area contributed by atoms with Crippen LogP contribution in [0.3, 0.4) is 0 Å². The number of carbonyl (C=O) groups excluding carboxylic acids is 8. The first-order valence-corrected chi connectivity index (χ1v) is 19.9. The molecule has 3 atom stereocenters. The number of hydrogen-bond acceptors (Lipinski definition) is 11. The van der Waals surface area contributed by atoms with E-state index >= 15 is 0 Å². The summed E-state index contributed by atoms with van der Waals surface area (Å²) >= 11 is 0. The van der Waals surface area contributed by atoms with E-state index in [1.54, 1.807) is 58.9 Å². The normalized spacial score (nSPS) is 14.5. The second-order valence-corrected chi connectivity index (χ2v) is 16.4. The minimum absolute atomic E-state index is 0.0245. The summed E-state index contributed by atoms with van der Waals surface area (Å²) in [7, 11) is -4.78. The summed E-state index contributed by atoms with van der Waals surface area (Å²) in [5, 5.41) is 9.95. The molecular weight excluding hydrogens is 753 g/mol. The van der Waals surface area contributed by atoms with Crippen molar-refractivity contribution in [1.82, 2.24) is 20.9 Å². The number of carbonyl (C=O) groups is 8. The maximum Gasteiger partial charge on any atom is 0.312 e. The van der Waals surface area contributed by atoms with Crippen LogP contribution in [0.15, 0.2) is 36.4 Å². The van der Waals surface area contributed by atoms with Gasteiger partial charge in [0.25, 0.3) is 21.9 Å². The van der Waals surface area contributed by atoms with Crippen molar-refractivity contribution in [2.24, 2.45) is 23.0 Å². The summed E-state index contributed by atoms with van der Waals surface area (Å²) in [6, 6.07) is 2.75. The van der Waals surface area contributed by atoms with E-state index in [4.69, 9.17) is 10.5 Å². The number of Topliss-reactive ketones (excluding diaryl/α,β-unsaturated/α-hetero) is 1. The molecule has 7 amide bonds. The summed E-state index contributed by atoms with van der Waals surface area (Å²) in [5.41, 5.74) is 5.53. The molecule has 0 unspecified atom stereocenters. The molecular formula is C37H54N6O12S. The number of urea groups is 1. The molecule has 0 saturated heterocycles. The van der Waals surface area contributed by atoms with Crippen LogP contribution >= 0.6 is 0 Å². The fraction of sp³-hybridized carbons (Fsp3) is 0.568. The van der Waals surface area contributed by atoms with Crippen molar-refractivity contribution < 1.29 is 56.1 Å². The minimum Gasteiger partial charge on any atom is -0.460 e. The van der Waals surface area contributed by atoms with Crippen LogP contribution < -0.4 is 27.0 Å². The monoisotopic (exact) mass is 806 g/mol. The highest BCUT2D eigenvalue weighted by molar-refractivity contribution is 7.85. The number of anilines is 1. The lowest BCUT2D eigenvalue weighted by atomic mass is 9.89. The van der Waals surface area contributed by atoms with Gasteiger partial charge in [-0.1, -0.05) is 32.4 Å². The molecule has 0 aliphatic carbocycles. The minimum atomic E-state index is -4.78. The Labute approximate surface area is 326 Å². The Hall–Kier alpha value is -5.17. The van der Waals surface area contributed by atoms with Gasteiger partial charge in [0.05, 0.1) is 11.5 Å². The van der Waals surface area contributed by atoms with Crippen molar-refractivity contribution in [2.45, 2.75) is 98.3 Å². The first-order valence-electron chi connectivity index (χ1n) is 18.3. The van der Waals surface area contributed by atoms with Gasteiger partial charge in [-0.25, -0.2) is 4.79 Å². The standard InChI is InChI=1S/C37H54N6O12S/c1-23(2)32(42-34(49)27(22-56(52,53)54)41-29(45)11-7-6-8-19-43-30(46)16-17-31(43)47)28(44)20-25(10-9-18-39-36(38)51)33(48)40-26-14-12-24(13-15-26)21-55-35(50)37(3,4)5/h12-17,23,25,27,32H,6-11,18-22H2,1-5H3,(H,40,48)(H,41,45)(H,42,49)(H3,38,39,51)(H,52,53,54)/t25-,27+,32+/m1/s1. The van der Waals surface area contributed by atoms with Gasteiger partial charge in [-0.05, 0) is 70.1 Å². The topological polar surface area (TPSA) is 278 Å². The third-order valence-electron chi connectivity index (χ3n) is 8.58. The molecule has 0 spiro atoms. The molecule has 1 aliphatic heterocycles. The van der Waals surface area contributed by atoms with E-state index in [1.807, 2.05) is 0 Å². The number of nitrogens with zero attached hydrogens (tertiary/aromatic N) is 1. The van der Waals surface area contributed by atoms with Crippen molar-refractivity contribution in [2.75, 3.05) is 24.2 Å². The average Bonchev–Trinajstić information content (AvgIpc) is 3.41. The molecule has 0 bridgehead atoms. The number of primary amides is 1. The van der Waals surface area contributed by atoms with Crippen LogP contribution in [0.5, 0.6) is 0 Å². The highest BCUT2D eigenvalue weighted by Gasteiger charge is 2.33. The molecule has 1 aromatic carbocycles. The molecule has 19 heteroatoms.